The van der Waals surface area contributed by atoms with E-state index in [-0.39, 0.29) is 5.78 Å². The van der Waals surface area contributed by atoms with Crippen LogP contribution in [-0.4, -0.2) is 43.0 Å². The van der Waals surface area contributed by atoms with Crippen molar-refractivity contribution in [2.45, 2.75) is 74.3 Å². The highest BCUT2D eigenvalue weighted by molar-refractivity contribution is 5.77. The number of ketones is 1. The van der Waals surface area contributed by atoms with Crippen molar-refractivity contribution in [2.75, 3.05) is 26.2 Å². The minimum absolute atomic E-state index is 0.242. The third kappa shape index (κ3) is 17.1. The summed E-state index contributed by atoms with van der Waals surface area (Å²) in [5.41, 5.74) is 0. The summed E-state index contributed by atoms with van der Waals surface area (Å²) in [6, 6.07) is 0. The zero-order valence-corrected chi connectivity index (χ0v) is 15.6. The van der Waals surface area contributed by atoms with Gasteiger partial charge in [-0.25, -0.2) is 0 Å². The highest BCUT2D eigenvalue weighted by Crippen LogP contribution is 2.12. The third-order valence-corrected chi connectivity index (χ3v) is 2.55. The van der Waals surface area contributed by atoms with E-state index in [1.807, 2.05) is 48.5 Å². The first-order valence-corrected chi connectivity index (χ1v) is 8.45. The Kier molecular flexibility index (Phi) is 25.7. The molecule has 1 aliphatic rings. The maximum Gasteiger partial charge on any atom is 0.143 e. The van der Waals surface area contributed by atoms with Crippen LogP contribution in [0.4, 0.5) is 0 Å². The molecule has 0 aromatic rings. The monoisotopic (exact) mass is 299 g/mol. The molecule has 126 valence electrons. The normalized spacial score (nSPS) is 13.9. The fourth-order valence-electron chi connectivity index (χ4n) is 1.78. The summed E-state index contributed by atoms with van der Waals surface area (Å²) >= 11 is 0. The molecular formula is C18H37NO2. The lowest BCUT2D eigenvalue weighted by atomic mass is 10.1. The Balaban J connectivity index is -0.000000478. The Morgan fingerprint density at radius 3 is 1.95 bits per heavy atom. The minimum Gasteiger partial charge on any atom is -0.365 e. The molecule has 0 bridgehead atoms. The van der Waals surface area contributed by atoms with Crippen LogP contribution in [0.1, 0.15) is 68.2 Å². The van der Waals surface area contributed by atoms with Crippen LogP contribution in [0.2, 0.25) is 0 Å². The molecule has 1 aliphatic heterocycles. The lowest BCUT2D eigenvalue weighted by Crippen LogP contribution is -2.39. The first-order chi connectivity index (χ1) is 10.2. The van der Waals surface area contributed by atoms with E-state index in [0.29, 0.717) is 19.3 Å². The van der Waals surface area contributed by atoms with E-state index in [4.69, 9.17) is 4.74 Å². The van der Waals surface area contributed by atoms with Gasteiger partial charge in [0.1, 0.15) is 12.4 Å². The van der Waals surface area contributed by atoms with Crippen molar-refractivity contribution in [3.05, 3.63) is 0 Å². The molecule has 1 fully saturated rings. The molecule has 0 radical (unpaired) electrons. The summed E-state index contributed by atoms with van der Waals surface area (Å²) in [5.74, 6) is 5.95. The lowest BCUT2D eigenvalue weighted by Gasteiger charge is -2.30. The predicted octanol–water partition coefficient (Wildman–Crippen LogP) is 4.16. The number of nitrogens with zero attached hydrogens (tertiary/aromatic N) is 1. The van der Waals surface area contributed by atoms with Crippen molar-refractivity contribution in [1.82, 2.24) is 4.90 Å². The van der Waals surface area contributed by atoms with E-state index in [1.165, 1.54) is 0 Å². The van der Waals surface area contributed by atoms with Gasteiger partial charge in [0.25, 0.3) is 0 Å². The number of hydrogen-bond acceptors (Lipinski definition) is 3. The molecule has 1 rings (SSSR count). The van der Waals surface area contributed by atoms with Gasteiger partial charge in [0, 0.05) is 13.1 Å². The molecule has 1 saturated heterocycles. The van der Waals surface area contributed by atoms with Crippen LogP contribution >= 0.6 is 0 Å². The zero-order valence-electron chi connectivity index (χ0n) is 15.6. The largest absolute Gasteiger partial charge is 0.365 e. The van der Waals surface area contributed by atoms with Crippen molar-refractivity contribution in [3.8, 4) is 11.8 Å². The Morgan fingerprint density at radius 1 is 1.10 bits per heavy atom. The molecule has 3 nitrogen and oxygen atoms in total. The molecule has 3 heteroatoms. The van der Waals surface area contributed by atoms with Gasteiger partial charge in [-0.1, -0.05) is 47.5 Å². The second-order valence-corrected chi connectivity index (χ2v) is 3.92. The van der Waals surface area contributed by atoms with E-state index in [9.17, 15) is 4.79 Å². The summed E-state index contributed by atoms with van der Waals surface area (Å²) in [5, 5.41) is 0. The first-order valence-electron chi connectivity index (χ1n) is 8.45. The molecule has 21 heavy (non-hydrogen) atoms. The predicted molar refractivity (Wildman–Crippen MR) is 93.6 cm³/mol. The van der Waals surface area contributed by atoms with Crippen LogP contribution in [0.5, 0.6) is 0 Å². The maximum atomic E-state index is 10.9. The van der Waals surface area contributed by atoms with Gasteiger partial charge >= 0.3 is 0 Å². The highest BCUT2D eigenvalue weighted by atomic mass is 16.5. The molecule has 0 saturated carbocycles. The van der Waals surface area contributed by atoms with Gasteiger partial charge in [0.05, 0.1) is 12.6 Å². The highest BCUT2D eigenvalue weighted by Gasteiger charge is 2.19. The average molecular weight is 299 g/mol. The van der Waals surface area contributed by atoms with Crippen molar-refractivity contribution >= 4 is 5.78 Å². The summed E-state index contributed by atoms with van der Waals surface area (Å²) in [7, 11) is 0. The zero-order chi connectivity index (χ0) is 17.1. The summed E-state index contributed by atoms with van der Waals surface area (Å²) < 4.78 is 5.59. The van der Waals surface area contributed by atoms with Crippen molar-refractivity contribution in [2.24, 2.45) is 0 Å². The van der Waals surface area contributed by atoms with Crippen LogP contribution in [0, 0.1) is 11.8 Å². The number of Topliss-reactive ketones (excluding diaryl/α,β-unsaturated/α-hetero) is 1. The topological polar surface area (TPSA) is 29.5 Å². The smallest absolute Gasteiger partial charge is 0.143 e. The number of carbonyl (C=O) groups is 1. The average Bonchev–Trinajstić information content (AvgIpc) is 2.55. The minimum atomic E-state index is 0.242. The van der Waals surface area contributed by atoms with Crippen LogP contribution in [0.15, 0.2) is 0 Å². The van der Waals surface area contributed by atoms with Gasteiger partial charge in [0.2, 0.25) is 0 Å². The van der Waals surface area contributed by atoms with Gasteiger partial charge in [-0.3, -0.25) is 9.69 Å². The second-order valence-electron chi connectivity index (χ2n) is 3.92. The van der Waals surface area contributed by atoms with Gasteiger partial charge in [-0.2, -0.15) is 0 Å². The lowest BCUT2D eigenvalue weighted by molar-refractivity contribution is -0.118. The quantitative estimate of drug-likeness (QED) is 0.730. The molecule has 0 aromatic heterocycles. The summed E-state index contributed by atoms with van der Waals surface area (Å²) in [6.07, 6.45) is 2.35. The fourth-order valence-corrected chi connectivity index (χ4v) is 1.78. The van der Waals surface area contributed by atoms with Crippen LogP contribution in [0.3, 0.4) is 0 Å². The summed E-state index contributed by atoms with van der Waals surface area (Å²) in [6.45, 7) is 18.5. The molecule has 0 aliphatic carbocycles. The number of ether oxygens (including phenoxy) is 1. The van der Waals surface area contributed by atoms with Crippen LogP contribution in [0.25, 0.3) is 0 Å². The number of carbonyl (C=O) groups excluding carboxylic acids is 1. The van der Waals surface area contributed by atoms with Crippen molar-refractivity contribution < 1.29 is 9.53 Å². The third-order valence-electron chi connectivity index (χ3n) is 2.55. The standard InChI is InChI=1S/C12H19NO2.3C2H6/c1-3-4-9-15-12-5-7-13(8-6-12)10-11(2)14;3*1-2/h12H,5-10H2,1-2H3;3*1-2H3. The molecule has 0 atom stereocenters. The number of rotatable bonds is 4. The Bertz CT molecular complexity index is 258. The Labute approximate surface area is 133 Å². The molecule has 0 aromatic carbocycles. The van der Waals surface area contributed by atoms with E-state index in [0.717, 1.165) is 25.9 Å². The fraction of sp³-hybridized carbons (Fsp3) is 0.833. The second kappa shape index (κ2) is 21.4. The van der Waals surface area contributed by atoms with E-state index >= 15 is 0 Å². The number of likely N-dealkylation sites (tertiary alicyclic amines) is 1. The Morgan fingerprint density at radius 2 is 1.57 bits per heavy atom. The first kappa shape index (κ1) is 25.1. The van der Waals surface area contributed by atoms with Gasteiger partial charge in [-0.05, 0) is 26.7 Å². The molecule has 0 amide bonds. The van der Waals surface area contributed by atoms with E-state index < -0.39 is 0 Å². The molecule has 0 N–H and O–H groups in total. The van der Waals surface area contributed by atoms with Gasteiger partial charge < -0.3 is 4.74 Å². The van der Waals surface area contributed by atoms with Gasteiger partial charge in [0.15, 0.2) is 0 Å². The molecule has 0 unspecified atom stereocenters. The number of piperidine rings is 1. The van der Waals surface area contributed by atoms with Crippen LogP contribution in [-0.2, 0) is 9.53 Å². The van der Waals surface area contributed by atoms with Crippen molar-refractivity contribution in [3.63, 3.8) is 0 Å². The summed E-state index contributed by atoms with van der Waals surface area (Å²) in [4.78, 5) is 13.1. The molecular weight excluding hydrogens is 262 g/mol. The molecule has 0 spiro atoms. The maximum absolute atomic E-state index is 10.9. The number of hydrogen-bond donors (Lipinski definition) is 0. The molecule has 1 heterocycles. The van der Waals surface area contributed by atoms with E-state index in [1.54, 1.807) is 6.92 Å². The van der Waals surface area contributed by atoms with Crippen molar-refractivity contribution in [1.29, 1.82) is 0 Å². The Hall–Kier alpha value is -0.850. The van der Waals surface area contributed by atoms with Gasteiger partial charge in [-0.15, -0.1) is 5.92 Å². The SMILES string of the molecule is CC.CC.CC.CC#CCOC1CCN(CC(C)=O)CC1. The van der Waals surface area contributed by atoms with E-state index in [2.05, 4.69) is 16.7 Å². The van der Waals surface area contributed by atoms with Crippen LogP contribution < -0.4 is 0 Å².